The van der Waals surface area contributed by atoms with Gasteiger partial charge in [0.15, 0.2) is 40.1 Å². The van der Waals surface area contributed by atoms with Crippen molar-refractivity contribution in [1.82, 2.24) is 40.3 Å². The molecule has 0 radical (unpaired) electrons. The van der Waals surface area contributed by atoms with Gasteiger partial charge in [0.25, 0.3) is 29.5 Å². The molecule has 2 fully saturated rings. The van der Waals surface area contributed by atoms with E-state index < -0.39 is 11.8 Å². The number of nitrogens with two attached hydrogens (primary N) is 2. The first-order valence-electron chi connectivity index (χ1n) is 21.3. The number of anilines is 2. The van der Waals surface area contributed by atoms with Gasteiger partial charge in [0.1, 0.15) is 12.3 Å². The van der Waals surface area contributed by atoms with Gasteiger partial charge < -0.3 is 42.0 Å². The molecule has 0 aliphatic heterocycles. The smallest absolute Gasteiger partial charge is 0.277 e. The number of hydrogen-bond donors (Lipinski definition) is 5. The SMILES string of the molecule is CCn1c(CNC(=O)c2nc(Cl)c(N)nc2N)[n+](CC)c2ccc(CNC(=O)COc3cc(C(=O)N=C4CCC(N(C)C)CC4)cc(C(=O)NC4CCC(N(C)C)CC4)c3)cc21. The maximum atomic E-state index is 13.6. The van der Waals surface area contributed by atoms with E-state index in [2.05, 4.69) is 78.0 Å². The number of nitrogen functional groups attached to an aromatic ring is 2. The summed E-state index contributed by atoms with van der Waals surface area (Å²) in [5.74, 6) is -0.772. The van der Waals surface area contributed by atoms with E-state index in [0.29, 0.717) is 25.2 Å². The van der Waals surface area contributed by atoms with Crippen LogP contribution in [0.4, 0.5) is 11.6 Å². The normalized spacial score (nSPS) is 17.9. The quantitative estimate of drug-likeness (QED) is 0.108. The molecule has 17 nitrogen and oxygen atoms in total. The number of aryl methyl sites for hydroxylation is 2. The number of amides is 4. The summed E-state index contributed by atoms with van der Waals surface area (Å²) in [7, 11) is 8.29. The molecule has 0 atom stereocenters. The van der Waals surface area contributed by atoms with Gasteiger partial charge in [-0.15, -0.1) is 0 Å². The Balaban J connectivity index is 1.13. The van der Waals surface area contributed by atoms with Crippen LogP contribution in [0.25, 0.3) is 11.0 Å². The summed E-state index contributed by atoms with van der Waals surface area (Å²) >= 11 is 6.00. The van der Waals surface area contributed by atoms with Crippen molar-refractivity contribution in [3.63, 3.8) is 0 Å². The minimum Gasteiger partial charge on any atom is -0.484 e. The lowest BCUT2D eigenvalue weighted by atomic mass is 9.90. The third kappa shape index (κ3) is 11.0. The highest BCUT2D eigenvalue weighted by atomic mass is 35.5. The van der Waals surface area contributed by atoms with E-state index in [0.717, 1.165) is 79.5 Å². The number of carbonyl (C=O) groups excluding carboxylic acids is 4. The summed E-state index contributed by atoms with van der Waals surface area (Å²) in [4.78, 5) is 70.3. The van der Waals surface area contributed by atoms with Gasteiger partial charge in [0.05, 0.1) is 13.1 Å². The van der Waals surface area contributed by atoms with E-state index in [4.69, 9.17) is 27.8 Å². The molecule has 2 aromatic heterocycles. The number of benzene rings is 2. The Morgan fingerprint density at radius 2 is 1.53 bits per heavy atom. The molecule has 0 saturated heterocycles. The van der Waals surface area contributed by atoms with Gasteiger partial charge in [-0.3, -0.25) is 19.2 Å². The summed E-state index contributed by atoms with van der Waals surface area (Å²) in [5.41, 5.74) is 15.5. The Kier molecular flexibility index (Phi) is 15.2. The van der Waals surface area contributed by atoms with Crippen LogP contribution < -0.4 is 36.7 Å². The molecule has 6 rings (SSSR count). The summed E-state index contributed by atoms with van der Waals surface area (Å²) in [5, 5.41) is 8.86. The number of nitrogens with one attached hydrogen (secondary N) is 3. The Labute approximate surface area is 367 Å². The van der Waals surface area contributed by atoms with Crippen LogP contribution in [-0.2, 0) is 31.0 Å². The first-order valence-corrected chi connectivity index (χ1v) is 21.7. The molecule has 4 amide bonds. The highest BCUT2D eigenvalue weighted by Crippen LogP contribution is 2.25. The van der Waals surface area contributed by atoms with Crippen LogP contribution in [0, 0.1) is 0 Å². The molecule has 2 saturated carbocycles. The van der Waals surface area contributed by atoms with Gasteiger partial charge in [-0.2, -0.15) is 0 Å². The molecular weight excluding hydrogens is 812 g/mol. The number of aromatic nitrogens is 4. The van der Waals surface area contributed by atoms with Crippen LogP contribution in [0.2, 0.25) is 5.15 Å². The van der Waals surface area contributed by atoms with Crippen molar-refractivity contribution in [3.05, 3.63) is 69.8 Å². The van der Waals surface area contributed by atoms with E-state index >= 15 is 0 Å². The molecule has 332 valence electrons. The number of imidazole rings is 1. The first kappa shape index (κ1) is 45.9. The molecule has 0 bridgehead atoms. The number of aliphatic imine (C=N–C) groups is 1. The zero-order valence-electron chi connectivity index (χ0n) is 36.6. The largest absolute Gasteiger partial charge is 0.484 e. The third-order valence-corrected chi connectivity index (χ3v) is 12.2. The predicted molar refractivity (Wildman–Crippen MR) is 239 cm³/mol. The molecule has 18 heteroatoms. The van der Waals surface area contributed by atoms with Crippen molar-refractivity contribution >= 4 is 63.6 Å². The lowest BCUT2D eigenvalue weighted by molar-refractivity contribution is -0.676. The van der Waals surface area contributed by atoms with Crippen molar-refractivity contribution in [2.45, 2.75) is 110 Å². The Bertz CT molecular complexity index is 2330. The number of halogens is 1. The van der Waals surface area contributed by atoms with Gasteiger partial charge >= 0.3 is 0 Å². The predicted octanol–water partition coefficient (Wildman–Crippen LogP) is 3.89. The van der Waals surface area contributed by atoms with Gasteiger partial charge in [-0.1, -0.05) is 17.7 Å². The average molecular weight is 872 g/mol. The summed E-state index contributed by atoms with van der Waals surface area (Å²) in [6.07, 6.45) is 7.01. The number of carbonyl (C=O) groups is 4. The molecule has 4 aromatic rings. The van der Waals surface area contributed by atoms with E-state index in [9.17, 15) is 19.2 Å². The summed E-state index contributed by atoms with van der Waals surface area (Å²) < 4.78 is 10.2. The zero-order valence-corrected chi connectivity index (χ0v) is 37.3. The second-order valence-electron chi connectivity index (χ2n) is 16.5. The van der Waals surface area contributed by atoms with E-state index in [-0.39, 0.29) is 76.9 Å². The van der Waals surface area contributed by atoms with Crippen LogP contribution >= 0.6 is 11.6 Å². The van der Waals surface area contributed by atoms with Crippen LogP contribution in [0.5, 0.6) is 5.75 Å². The fourth-order valence-electron chi connectivity index (χ4n) is 8.41. The van der Waals surface area contributed by atoms with Crippen molar-refractivity contribution in [1.29, 1.82) is 0 Å². The topological polar surface area (TPSA) is 219 Å². The third-order valence-electron chi connectivity index (χ3n) is 12.0. The fourth-order valence-corrected chi connectivity index (χ4v) is 8.54. The number of nitrogens with zero attached hydrogens (tertiary/aromatic N) is 7. The monoisotopic (exact) mass is 871 g/mol. The minimum atomic E-state index is -0.541. The van der Waals surface area contributed by atoms with E-state index in [1.54, 1.807) is 18.2 Å². The van der Waals surface area contributed by atoms with Crippen molar-refractivity contribution < 1.29 is 28.5 Å². The van der Waals surface area contributed by atoms with Crippen LogP contribution in [0.15, 0.2) is 41.4 Å². The maximum absolute atomic E-state index is 13.6. The molecule has 7 N–H and O–H groups in total. The van der Waals surface area contributed by atoms with Crippen molar-refractivity contribution in [2.24, 2.45) is 4.99 Å². The molecule has 2 heterocycles. The Hall–Kier alpha value is -5.65. The fraction of sp³-hybridized carbons (Fsp3) is 0.500. The van der Waals surface area contributed by atoms with E-state index in [1.807, 2.05) is 32.0 Å². The van der Waals surface area contributed by atoms with Gasteiger partial charge in [0.2, 0.25) is 0 Å². The molecule has 2 aromatic carbocycles. The first-order chi connectivity index (χ1) is 29.6. The number of hydrogen-bond acceptors (Lipinski definition) is 11. The van der Waals surface area contributed by atoms with Gasteiger partial charge in [-0.25, -0.2) is 24.1 Å². The minimum absolute atomic E-state index is 0.0231. The highest BCUT2D eigenvalue weighted by Gasteiger charge is 2.27. The van der Waals surface area contributed by atoms with Crippen LogP contribution in [0.3, 0.4) is 0 Å². The second-order valence-corrected chi connectivity index (χ2v) is 16.8. The molecule has 2 aliphatic carbocycles. The highest BCUT2D eigenvalue weighted by molar-refractivity contribution is 6.31. The molecule has 62 heavy (non-hydrogen) atoms. The standard InChI is InChI=1S/C44H59ClN12O5/c1-7-56-34-18-9-26(19-35(34)57(8-2)37(56)24-49-44(61)38-40(46)53-41(47)39(45)52-38)23-48-36(58)25-62-33-21-27(42(59)50-29-10-14-31(15-11-29)54(3)4)20-28(22-33)43(60)51-30-12-16-32(17-13-30)55(5)6/h9,18-22,29,31-32H,7-8,10-17,23-25H2,1-6H3,(H6-,46,47,48,49,50,53,58,59,61)/p+1. The number of ether oxygens (including phenoxy) is 1. The summed E-state index contributed by atoms with van der Waals surface area (Å²) in [6, 6.07) is 11.6. The Morgan fingerprint density at radius 3 is 2.19 bits per heavy atom. The number of rotatable bonds is 15. The zero-order chi connectivity index (χ0) is 44.7. The second kappa shape index (κ2) is 20.5. The van der Waals surface area contributed by atoms with Crippen LogP contribution in [-0.4, -0.2) is 107 Å². The molecular formula is C44H60ClN12O5+. The van der Waals surface area contributed by atoms with Crippen molar-refractivity contribution in [3.8, 4) is 5.75 Å². The lowest BCUT2D eigenvalue weighted by Gasteiger charge is -2.33. The van der Waals surface area contributed by atoms with Gasteiger partial charge in [0, 0.05) is 41.5 Å². The number of fused-ring (bicyclic) bond motifs is 1. The van der Waals surface area contributed by atoms with E-state index in [1.165, 1.54) is 0 Å². The lowest BCUT2D eigenvalue weighted by Crippen LogP contribution is -2.41. The molecule has 0 unspecified atom stereocenters. The molecule has 0 spiro atoms. The van der Waals surface area contributed by atoms with Crippen LogP contribution in [0.1, 0.15) is 108 Å². The van der Waals surface area contributed by atoms with Crippen molar-refractivity contribution in [2.75, 3.05) is 46.3 Å². The maximum Gasteiger partial charge on any atom is 0.277 e. The Morgan fingerprint density at radius 1 is 0.855 bits per heavy atom. The average Bonchev–Trinajstić information content (AvgIpc) is 3.57. The summed E-state index contributed by atoms with van der Waals surface area (Å²) in [6.45, 7) is 5.32. The molecule has 2 aliphatic rings. The van der Waals surface area contributed by atoms with Gasteiger partial charge in [-0.05, 0) is 129 Å².